The second kappa shape index (κ2) is 4.63. The molecule has 1 aliphatic heterocycles. The summed E-state index contributed by atoms with van der Waals surface area (Å²) in [6.45, 7) is 2.43. The molecule has 0 spiro atoms. The molecule has 2 aliphatic rings. The molecule has 2 nitrogen and oxygen atoms in total. The van der Waals surface area contributed by atoms with Crippen molar-refractivity contribution in [3.63, 3.8) is 0 Å². The summed E-state index contributed by atoms with van der Waals surface area (Å²) in [5.41, 5.74) is 0. The van der Waals surface area contributed by atoms with Gasteiger partial charge < -0.3 is 4.90 Å². The highest BCUT2D eigenvalue weighted by Crippen LogP contribution is 2.45. The van der Waals surface area contributed by atoms with Crippen LogP contribution >= 0.6 is 11.8 Å². The van der Waals surface area contributed by atoms with Gasteiger partial charge in [-0.2, -0.15) is 0 Å². The van der Waals surface area contributed by atoms with Crippen molar-refractivity contribution in [1.29, 1.82) is 0 Å². The van der Waals surface area contributed by atoms with Gasteiger partial charge in [-0.1, -0.05) is 43.3 Å². The van der Waals surface area contributed by atoms with E-state index in [2.05, 4.69) is 31.7 Å². The molecule has 0 aromatic carbocycles. The van der Waals surface area contributed by atoms with Crippen LogP contribution in [0.15, 0.2) is 4.99 Å². The van der Waals surface area contributed by atoms with Crippen molar-refractivity contribution >= 4 is 24.8 Å². The number of hydrogen-bond acceptors (Lipinski definition) is 2. The van der Waals surface area contributed by atoms with Crippen LogP contribution in [0.2, 0.25) is 5.31 Å². The van der Waals surface area contributed by atoms with Crippen LogP contribution in [0.1, 0.15) is 39.0 Å². The topological polar surface area (TPSA) is 15.6 Å². The first-order valence-corrected chi connectivity index (χ1v) is 7.28. The van der Waals surface area contributed by atoms with Crippen molar-refractivity contribution in [2.75, 3.05) is 14.1 Å². The van der Waals surface area contributed by atoms with Gasteiger partial charge in [-0.05, 0) is 12.8 Å². The number of aliphatic imine (C=N–C) groups is 1. The van der Waals surface area contributed by atoms with Crippen LogP contribution in [0, 0.1) is 0 Å². The summed E-state index contributed by atoms with van der Waals surface area (Å²) in [7, 11) is 6.56. The van der Waals surface area contributed by atoms with E-state index in [1.165, 1.54) is 37.3 Å². The molecule has 4 heteroatoms. The predicted molar refractivity (Wildman–Crippen MR) is 76.3 cm³/mol. The summed E-state index contributed by atoms with van der Waals surface area (Å²) in [6.07, 6.45) is 6.86. The lowest BCUT2D eigenvalue weighted by Gasteiger charge is -2.34. The molecule has 90 valence electrons. The van der Waals surface area contributed by atoms with E-state index in [4.69, 9.17) is 0 Å². The van der Waals surface area contributed by atoms with Crippen LogP contribution in [-0.2, 0) is 0 Å². The van der Waals surface area contributed by atoms with Crippen LogP contribution in [0.25, 0.3) is 0 Å². The smallest absolute Gasteiger partial charge is 0.159 e. The lowest BCUT2D eigenvalue weighted by molar-refractivity contribution is 0.296. The molecule has 1 heterocycles. The second-order valence-electron chi connectivity index (χ2n) is 5.95. The zero-order chi connectivity index (χ0) is 11.8. The summed E-state index contributed by atoms with van der Waals surface area (Å²) in [6, 6.07) is 0.725. The summed E-state index contributed by atoms with van der Waals surface area (Å²) in [4.78, 5) is 6.82. The molecule has 0 aromatic heterocycles. The monoisotopic (exact) mass is 238 g/mol. The Bertz CT molecular complexity index is 291. The summed E-state index contributed by atoms with van der Waals surface area (Å²) in [5.74, 6) is 0. The first-order chi connectivity index (χ1) is 7.53. The Kier molecular flexibility index (Phi) is 3.58. The number of amidine groups is 1. The third-order valence-electron chi connectivity index (χ3n) is 4.03. The molecule has 3 unspecified atom stereocenters. The third kappa shape index (κ3) is 2.42. The Morgan fingerprint density at radius 3 is 2.94 bits per heavy atom. The Labute approximate surface area is 105 Å². The average molecular weight is 238 g/mol. The number of fused-ring (bicyclic) bond motifs is 1. The van der Waals surface area contributed by atoms with Gasteiger partial charge in [-0.15, -0.1) is 0 Å². The fraction of sp³-hybridized carbons (Fsp3) is 0.917. The largest absolute Gasteiger partial charge is 0.350 e. The maximum atomic E-state index is 4.41. The van der Waals surface area contributed by atoms with Gasteiger partial charge in [-0.25, -0.2) is 0 Å². The lowest BCUT2D eigenvalue weighted by Crippen LogP contribution is -2.36. The average Bonchev–Trinajstić information content (AvgIpc) is 2.47. The SMILES string of the molecule is BC1(C)CCCCC2C(C1)S/C(=N\C)N2C. The Hall–Kier alpha value is -0.115. The molecular weight excluding hydrogens is 215 g/mol. The van der Waals surface area contributed by atoms with E-state index in [0.717, 1.165) is 11.3 Å². The van der Waals surface area contributed by atoms with E-state index in [0.29, 0.717) is 5.31 Å². The molecular formula is C12H23BN2S. The summed E-state index contributed by atoms with van der Waals surface area (Å²) >= 11 is 2.00. The minimum absolute atomic E-state index is 0.514. The molecule has 16 heavy (non-hydrogen) atoms. The maximum Gasteiger partial charge on any atom is 0.159 e. The van der Waals surface area contributed by atoms with E-state index >= 15 is 0 Å². The molecule has 1 aliphatic carbocycles. The molecule has 2 rings (SSSR count). The summed E-state index contributed by atoms with van der Waals surface area (Å²) < 4.78 is 0. The van der Waals surface area contributed by atoms with Gasteiger partial charge in [0.15, 0.2) is 5.17 Å². The highest BCUT2D eigenvalue weighted by Gasteiger charge is 2.40. The fourth-order valence-corrected chi connectivity index (χ4v) is 4.75. The minimum Gasteiger partial charge on any atom is -0.350 e. The molecule has 1 saturated heterocycles. The standard InChI is InChI=1S/C12H23BN2S/c1-12(13)7-5-4-6-9-10(8-12)16-11(14-2)15(9)3/h9-10H,4-8,13H2,1-3H3/b14-11-. The van der Waals surface area contributed by atoms with Crippen molar-refractivity contribution in [2.24, 2.45) is 4.99 Å². The van der Waals surface area contributed by atoms with Crippen molar-refractivity contribution in [1.82, 2.24) is 4.90 Å². The number of rotatable bonds is 0. The molecule has 2 fully saturated rings. The molecule has 1 saturated carbocycles. The molecule has 0 amide bonds. The zero-order valence-corrected chi connectivity index (χ0v) is 11.8. The predicted octanol–water partition coefficient (Wildman–Crippen LogP) is 2.16. The number of thioether (sulfide) groups is 1. The highest BCUT2D eigenvalue weighted by atomic mass is 32.2. The van der Waals surface area contributed by atoms with Crippen molar-refractivity contribution < 1.29 is 0 Å². The Morgan fingerprint density at radius 1 is 1.50 bits per heavy atom. The maximum absolute atomic E-state index is 4.41. The third-order valence-corrected chi connectivity index (χ3v) is 5.50. The Balaban J connectivity index is 2.15. The molecule has 3 atom stereocenters. The van der Waals surface area contributed by atoms with Crippen LogP contribution in [0.5, 0.6) is 0 Å². The van der Waals surface area contributed by atoms with E-state index < -0.39 is 0 Å². The fourth-order valence-electron chi connectivity index (χ4n) is 3.06. The van der Waals surface area contributed by atoms with Crippen LogP contribution in [0.3, 0.4) is 0 Å². The first kappa shape index (κ1) is 12.3. The van der Waals surface area contributed by atoms with E-state index in [9.17, 15) is 0 Å². The van der Waals surface area contributed by atoms with Gasteiger partial charge >= 0.3 is 0 Å². The number of hydrogen-bond donors (Lipinski definition) is 0. The molecule has 0 aromatic rings. The zero-order valence-electron chi connectivity index (χ0n) is 11.0. The molecule has 0 bridgehead atoms. The quantitative estimate of drug-likeness (QED) is 0.601. The normalized spacial score (nSPS) is 42.9. The van der Waals surface area contributed by atoms with Gasteiger partial charge in [0, 0.05) is 25.4 Å². The summed E-state index contributed by atoms with van der Waals surface area (Å²) in [5, 5.41) is 2.52. The van der Waals surface area contributed by atoms with Crippen LogP contribution in [-0.4, -0.2) is 43.3 Å². The number of nitrogens with zero attached hydrogens (tertiary/aromatic N) is 2. The van der Waals surface area contributed by atoms with Crippen molar-refractivity contribution in [3.05, 3.63) is 0 Å². The van der Waals surface area contributed by atoms with Gasteiger partial charge in [0.05, 0.1) is 0 Å². The van der Waals surface area contributed by atoms with E-state index in [1.54, 1.807) is 0 Å². The molecule has 0 radical (unpaired) electrons. The molecule has 0 N–H and O–H groups in total. The lowest BCUT2D eigenvalue weighted by atomic mass is 9.63. The van der Waals surface area contributed by atoms with E-state index in [-0.39, 0.29) is 0 Å². The van der Waals surface area contributed by atoms with Gasteiger partial charge in [-0.3, -0.25) is 4.99 Å². The Morgan fingerprint density at radius 2 is 2.25 bits per heavy atom. The van der Waals surface area contributed by atoms with Crippen LogP contribution < -0.4 is 0 Å². The highest BCUT2D eigenvalue weighted by molar-refractivity contribution is 8.14. The minimum atomic E-state index is 0.514. The van der Waals surface area contributed by atoms with Gasteiger partial charge in [0.25, 0.3) is 0 Å². The van der Waals surface area contributed by atoms with Crippen LogP contribution in [0.4, 0.5) is 0 Å². The van der Waals surface area contributed by atoms with Crippen molar-refractivity contribution in [3.8, 4) is 0 Å². The van der Waals surface area contributed by atoms with Crippen molar-refractivity contribution in [2.45, 2.75) is 55.6 Å². The second-order valence-corrected chi connectivity index (χ2v) is 7.16. The first-order valence-electron chi connectivity index (χ1n) is 6.40. The van der Waals surface area contributed by atoms with E-state index in [1.807, 2.05) is 18.8 Å². The van der Waals surface area contributed by atoms with Gasteiger partial charge in [0.2, 0.25) is 0 Å². The van der Waals surface area contributed by atoms with Gasteiger partial charge in [0.1, 0.15) is 7.85 Å².